The number of hydrazine groups is 1. The van der Waals surface area contributed by atoms with Gasteiger partial charge in [0, 0.05) is 6.54 Å². The SMILES string of the molecule is CNS(=O)(=O)CCNc1nc(NN)ncc1[N+](=O)[O-]. The predicted molar refractivity (Wildman–Crippen MR) is 67.8 cm³/mol. The summed E-state index contributed by atoms with van der Waals surface area (Å²) >= 11 is 0. The lowest BCUT2D eigenvalue weighted by atomic mass is 10.4. The minimum absolute atomic E-state index is 0.0235. The first kappa shape index (κ1) is 15.0. The third-order valence-electron chi connectivity index (χ3n) is 2.07. The second-order valence-electron chi connectivity index (χ2n) is 3.28. The van der Waals surface area contributed by atoms with Crippen molar-refractivity contribution >= 4 is 27.5 Å². The largest absolute Gasteiger partial charge is 0.363 e. The van der Waals surface area contributed by atoms with Crippen molar-refractivity contribution in [1.29, 1.82) is 0 Å². The Morgan fingerprint density at radius 2 is 2.21 bits per heavy atom. The molecule has 0 aliphatic rings. The maximum Gasteiger partial charge on any atom is 0.329 e. The van der Waals surface area contributed by atoms with Gasteiger partial charge in [-0.25, -0.2) is 24.0 Å². The van der Waals surface area contributed by atoms with Crippen molar-refractivity contribution in [3.63, 3.8) is 0 Å². The van der Waals surface area contributed by atoms with Crippen molar-refractivity contribution in [3.05, 3.63) is 16.3 Å². The standard InChI is InChI=1S/C7H13N7O4S/c1-9-19(17,18)3-2-10-6-5(14(15)16)4-11-7(12-6)13-8/h4,9H,2-3,8H2,1H3,(H2,10,11,12,13). The van der Waals surface area contributed by atoms with E-state index in [1.165, 1.54) is 7.05 Å². The summed E-state index contributed by atoms with van der Waals surface area (Å²) in [7, 11) is -2.13. The predicted octanol–water partition coefficient (Wildman–Crippen LogP) is -1.37. The van der Waals surface area contributed by atoms with E-state index in [9.17, 15) is 18.5 Å². The Morgan fingerprint density at radius 1 is 1.53 bits per heavy atom. The highest BCUT2D eigenvalue weighted by Gasteiger charge is 2.17. The van der Waals surface area contributed by atoms with Gasteiger partial charge in [-0.15, -0.1) is 0 Å². The van der Waals surface area contributed by atoms with E-state index in [0.717, 1.165) is 6.20 Å². The zero-order valence-electron chi connectivity index (χ0n) is 9.95. The van der Waals surface area contributed by atoms with E-state index < -0.39 is 14.9 Å². The van der Waals surface area contributed by atoms with E-state index in [1.807, 2.05) is 0 Å². The average Bonchev–Trinajstić information content (AvgIpc) is 2.38. The van der Waals surface area contributed by atoms with Crippen LogP contribution in [0.5, 0.6) is 0 Å². The van der Waals surface area contributed by atoms with Crippen LogP contribution in [0.4, 0.5) is 17.5 Å². The number of aromatic nitrogens is 2. The molecule has 0 fully saturated rings. The quantitative estimate of drug-likeness (QED) is 0.269. The molecule has 0 spiro atoms. The topological polar surface area (TPSA) is 165 Å². The van der Waals surface area contributed by atoms with Gasteiger partial charge in [0.2, 0.25) is 21.8 Å². The van der Waals surface area contributed by atoms with E-state index in [0.29, 0.717) is 0 Å². The van der Waals surface area contributed by atoms with Crippen LogP contribution < -0.4 is 21.3 Å². The molecule has 0 saturated carbocycles. The molecule has 0 unspecified atom stereocenters. The van der Waals surface area contributed by atoms with Gasteiger partial charge in [0.1, 0.15) is 6.20 Å². The molecule has 0 bridgehead atoms. The number of hydrogen-bond donors (Lipinski definition) is 4. The van der Waals surface area contributed by atoms with Crippen molar-refractivity contribution in [2.75, 3.05) is 30.1 Å². The zero-order chi connectivity index (χ0) is 14.5. The number of nitrogens with one attached hydrogen (secondary N) is 3. The summed E-state index contributed by atoms with van der Waals surface area (Å²) in [5.74, 6) is 4.70. The summed E-state index contributed by atoms with van der Waals surface area (Å²) in [5, 5.41) is 13.3. The molecule has 0 atom stereocenters. The third-order valence-corrected chi connectivity index (χ3v) is 3.43. The molecule has 1 aromatic heterocycles. The molecule has 0 amide bonds. The molecular weight excluding hydrogens is 278 g/mol. The van der Waals surface area contributed by atoms with Crippen LogP contribution in [0.25, 0.3) is 0 Å². The number of nitrogens with zero attached hydrogens (tertiary/aromatic N) is 3. The summed E-state index contributed by atoms with van der Waals surface area (Å²) in [6, 6.07) is 0. The fourth-order valence-electron chi connectivity index (χ4n) is 1.11. The molecule has 0 saturated heterocycles. The van der Waals surface area contributed by atoms with Crippen LogP contribution >= 0.6 is 0 Å². The third kappa shape index (κ3) is 4.27. The van der Waals surface area contributed by atoms with Crippen molar-refractivity contribution < 1.29 is 13.3 Å². The van der Waals surface area contributed by atoms with E-state index in [1.54, 1.807) is 0 Å². The Balaban J connectivity index is 2.84. The smallest absolute Gasteiger partial charge is 0.329 e. The molecule has 106 valence electrons. The Bertz CT molecular complexity index is 561. The highest BCUT2D eigenvalue weighted by Crippen LogP contribution is 2.21. The van der Waals surface area contributed by atoms with Crippen LogP contribution in [0.2, 0.25) is 0 Å². The molecule has 11 nitrogen and oxygen atoms in total. The van der Waals surface area contributed by atoms with Crippen molar-refractivity contribution in [2.24, 2.45) is 5.84 Å². The van der Waals surface area contributed by atoms with Crippen LogP contribution in [0.1, 0.15) is 0 Å². The molecule has 1 aromatic rings. The molecular formula is C7H13N7O4S. The van der Waals surface area contributed by atoms with Gasteiger partial charge in [-0.1, -0.05) is 0 Å². The highest BCUT2D eigenvalue weighted by atomic mass is 32.2. The Morgan fingerprint density at radius 3 is 2.74 bits per heavy atom. The van der Waals surface area contributed by atoms with E-state index in [-0.39, 0.29) is 29.8 Å². The number of nitrogen functional groups attached to an aromatic ring is 1. The molecule has 1 rings (SSSR count). The lowest BCUT2D eigenvalue weighted by Crippen LogP contribution is -2.26. The van der Waals surface area contributed by atoms with E-state index in [2.05, 4.69) is 25.4 Å². The summed E-state index contributed by atoms with van der Waals surface area (Å²) in [6.45, 7) is -0.0506. The molecule has 0 aliphatic carbocycles. The number of rotatable bonds is 7. The fraction of sp³-hybridized carbons (Fsp3) is 0.429. The van der Waals surface area contributed by atoms with Crippen LogP contribution in [0.3, 0.4) is 0 Å². The van der Waals surface area contributed by atoms with Gasteiger partial charge >= 0.3 is 5.69 Å². The maximum atomic E-state index is 11.2. The molecule has 12 heteroatoms. The minimum Gasteiger partial charge on any atom is -0.363 e. The fourth-order valence-corrected chi connectivity index (χ4v) is 1.69. The molecule has 0 aromatic carbocycles. The molecule has 5 N–H and O–H groups in total. The monoisotopic (exact) mass is 291 g/mol. The molecule has 0 aliphatic heterocycles. The van der Waals surface area contributed by atoms with Crippen molar-refractivity contribution in [2.45, 2.75) is 0 Å². The first-order chi connectivity index (χ1) is 8.89. The van der Waals surface area contributed by atoms with Gasteiger partial charge in [0.25, 0.3) is 0 Å². The van der Waals surface area contributed by atoms with Crippen molar-refractivity contribution in [1.82, 2.24) is 14.7 Å². The van der Waals surface area contributed by atoms with Gasteiger partial charge in [-0.05, 0) is 7.05 Å². The van der Waals surface area contributed by atoms with Gasteiger partial charge in [-0.2, -0.15) is 4.98 Å². The Labute approximate surface area is 108 Å². The van der Waals surface area contributed by atoms with Crippen LogP contribution in [0.15, 0.2) is 6.20 Å². The Kier molecular flexibility index (Phi) is 4.91. The van der Waals surface area contributed by atoms with Gasteiger partial charge < -0.3 is 5.32 Å². The number of sulfonamides is 1. The lowest BCUT2D eigenvalue weighted by molar-refractivity contribution is -0.384. The summed E-state index contributed by atoms with van der Waals surface area (Å²) in [4.78, 5) is 17.4. The summed E-state index contributed by atoms with van der Waals surface area (Å²) in [6.07, 6.45) is 0.969. The molecule has 1 heterocycles. The average molecular weight is 291 g/mol. The summed E-state index contributed by atoms with van der Waals surface area (Å²) < 4.78 is 24.5. The van der Waals surface area contributed by atoms with E-state index in [4.69, 9.17) is 5.84 Å². The number of nitro groups is 1. The van der Waals surface area contributed by atoms with Gasteiger partial charge in [-0.3, -0.25) is 15.5 Å². The maximum absolute atomic E-state index is 11.2. The molecule has 19 heavy (non-hydrogen) atoms. The molecule has 0 radical (unpaired) electrons. The first-order valence-corrected chi connectivity index (χ1v) is 6.68. The van der Waals surface area contributed by atoms with Crippen molar-refractivity contribution in [3.8, 4) is 0 Å². The second-order valence-corrected chi connectivity index (χ2v) is 5.32. The van der Waals surface area contributed by atoms with Gasteiger partial charge in [0.15, 0.2) is 0 Å². The second kappa shape index (κ2) is 6.21. The number of nitrogens with two attached hydrogens (primary N) is 1. The van der Waals surface area contributed by atoms with E-state index >= 15 is 0 Å². The zero-order valence-corrected chi connectivity index (χ0v) is 10.8. The number of anilines is 2. The van der Waals surface area contributed by atoms with Crippen LogP contribution in [-0.4, -0.2) is 42.7 Å². The number of hydrogen-bond acceptors (Lipinski definition) is 9. The summed E-state index contributed by atoms with van der Waals surface area (Å²) in [5.41, 5.74) is 1.76. The minimum atomic E-state index is -3.40. The first-order valence-electron chi connectivity index (χ1n) is 5.02. The Hall–Kier alpha value is -2.05. The van der Waals surface area contributed by atoms with Crippen LogP contribution in [0, 0.1) is 10.1 Å². The highest BCUT2D eigenvalue weighted by molar-refractivity contribution is 7.89. The lowest BCUT2D eigenvalue weighted by Gasteiger charge is -2.07. The van der Waals surface area contributed by atoms with Gasteiger partial charge in [0.05, 0.1) is 10.7 Å². The normalized spacial score (nSPS) is 11.1. The van der Waals surface area contributed by atoms with Crippen LogP contribution in [-0.2, 0) is 10.0 Å².